The van der Waals surface area contributed by atoms with Gasteiger partial charge in [-0.2, -0.15) is 0 Å². The second kappa shape index (κ2) is 6.11. The number of nitrogens with zero attached hydrogens (tertiary/aromatic N) is 3. The summed E-state index contributed by atoms with van der Waals surface area (Å²) in [7, 11) is 2.15. The van der Waals surface area contributed by atoms with Gasteiger partial charge in [0.05, 0.1) is 6.54 Å². The fraction of sp³-hybridized carbons (Fsp3) is 0.381. The predicted molar refractivity (Wildman–Crippen MR) is 102 cm³/mol. The van der Waals surface area contributed by atoms with Gasteiger partial charge < -0.3 is 19.7 Å². The van der Waals surface area contributed by atoms with Crippen molar-refractivity contribution < 1.29 is 10.2 Å². The lowest BCUT2D eigenvalue weighted by molar-refractivity contribution is 0.0381. The summed E-state index contributed by atoms with van der Waals surface area (Å²) in [6, 6.07) is 9.80. The lowest BCUT2D eigenvalue weighted by Gasteiger charge is -2.28. The highest BCUT2D eigenvalue weighted by Gasteiger charge is 2.29. The molecule has 1 aliphatic rings. The number of hydrogen-bond donors (Lipinski definition) is 2. The summed E-state index contributed by atoms with van der Waals surface area (Å²) in [6.07, 6.45) is 2.52. The maximum atomic E-state index is 11.2. The Morgan fingerprint density at radius 1 is 1.23 bits per heavy atom. The van der Waals surface area contributed by atoms with Crippen LogP contribution in [0.25, 0.3) is 10.9 Å². The van der Waals surface area contributed by atoms with Crippen molar-refractivity contribution in [3.05, 3.63) is 58.9 Å². The molecule has 1 atom stereocenters. The van der Waals surface area contributed by atoms with Gasteiger partial charge in [0.2, 0.25) is 5.88 Å². The number of aliphatic hydroxyl groups is 1. The molecule has 0 bridgehead atoms. The van der Waals surface area contributed by atoms with Crippen molar-refractivity contribution in [1.29, 1.82) is 0 Å². The van der Waals surface area contributed by atoms with Crippen molar-refractivity contribution in [3.63, 3.8) is 0 Å². The topological polar surface area (TPSA) is 61.5 Å². The molecule has 0 saturated carbocycles. The Labute approximate surface area is 153 Å². The first-order valence-corrected chi connectivity index (χ1v) is 9.02. The van der Waals surface area contributed by atoms with Crippen molar-refractivity contribution in [2.75, 3.05) is 13.6 Å². The molecule has 0 spiro atoms. The number of aryl methyl sites for hydroxylation is 1. The van der Waals surface area contributed by atoms with Gasteiger partial charge >= 0.3 is 0 Å². The lowest BCUT2D eigenvalue weighted by Crippen LogP contribution is -2.31. The van der Waals surface area contributed by atoms with Gasteiger partial charge in [0, 0.05) is 53.9 Å². The number of likely N-dealkylation sites (N-methyl/N-ethyl adjacent to an activating group) is 1. The number of aromatic hydroxyl groups is 1. The summed E-state index contributed by atoms with van der Waals surface area (Å²) in [6.45, 7) is 6.34. The average Bonchev–Trinajstić information content (AvgIpc) is 2.87. The highest BCUT2D eigenvalue weighted by Crippen LogP contribution is 2.34. The first-order valence-electron chi connectivity index (χ1n) is 9.02. The molecule has 0 fully saturated rings. The Morgan fingerprint density at radius 2 is 2.04 bits per heavy atom. The number of pyridine rings is 1. The quantitative estimate of drug-likeness (QED) is 0.762. The van der Waals surface area contributed by atoms with Crippen LogP contribution in [0.1, 0.15) is 29.3 Å². The van der Waals surface area contributed by atoms with E-state index in [1.807, 2.05) is 6.92 Å². The first-order chi connectivity index (χ1) is 12.3. The van der Waals surface area contributed by atoms with Crippen molar-refractivity contribution in [3.8, 4) is 5.88 Å². The van der Waals surface area contributed by atoms with E-state index in [4.69, 9.17) is 0 Å². The van der Waals surface area contributed by atoms with E-state index in [9.17, 15) is 10.2 Å². The number of benzene rings is 1. The van der Waals surface area contributed by atoms with E-state index in [1.54, 1.807) is 12.3 Å². The van der Waals surface area contributed by atoms with Gasteiger partial charge in [-0.25, -0.2) is 4.98 Å². The molecule has 3 aromatic rings. The molecular weight excluding hydrogens is 326 g/mol. The van der Waals surface area contributed by atoms with Crippen LogP contribution in [0.3, 0.4) is 0 Å². The normalized spacial score (nSPS) is 17.2. The molecule has 0 saturated heterocycles. The molecule has 2 aromatic heterocycles. The highest BCUT2D eigenvalue weighted by molar-refractivity contribution is 5.86. The van der Waals surface area contributed by atoms with Crippen LogP contribution in [0.5, 0.6) is 5.88 Å². The van der Waals surface area contributed by atoms with Gasteiger partial charge in [0.1, 0.15) is 5.60 Å². The fourth-order valence-electron chi connectivity index (χ4n) is 3.98. The lowest BCUT2D eigenvalue weighted by atomic mass is 9.97. The summed E-state index contributed by atoms with van der Waals surface area (Å²) in [5, 5.41) is 21.9. The Balaban J connectivity index is 1.82. The van der Waals surface area contributed by atoms with Crippen molar-refractivity contribution in [2.45, 2.75) is 39.0 Å². The Hall–Kier alpha value is -2.37. The highest BCUT2D eigenvalue weighted by atomic mass is 16.3. The third-order valence-electron chi connectivity index (χ3n) is 5.44. The zero-order valence-electron chi connectivity index (χ0n) is 15.5. The van der Waals surface area contributed by atoms with E-state index >= 15 is 0 Å². The molecule has 0 amide bonds. The Bertz CT molecular complexity index is 958. The molecule has 4 rings (SSSR count). The van der Waals surface area contributed by atoms with Crippen molar-refractivity contribution in [1.82, 2.24) is 14.5 Å². The Kier molecular flexibility index (Phi) is 4.01. The van der Waals surface area contributed by atoms with Gasteiger partial charge in [-0.15, -0.1) is 0 Å². The van der Waals surface area contributed by atoms with Crippen LogP contribution >= 0.6 is 0 Å². The molecule has 2 N–H and O–H groups in total. The summed E-state index contributed by atoms with van der Waals surface area (Å²) < 4.78 is 2.27. The van der Waals surface area contributed by atoms with E-state index in [2.05, 4.69) is 46.6 Å². The third kappa shape index (κ3) is 2.87. The van der Waals surface area contributed by atoms with Crippen LogP contribution in [0.2, 0.25) is 0 Å². The van der Waals surface area contributed by atoms with Gasteiger partial charge in [-0.05, 0) is 44.7 Å². The zero-order chi connectivity index (χ0) is 18.5. The molecule has 1 aliphatic heterocycles. The molecule has 0 aliphatic carbocycles. The molecule has 1 aromatic carbocycles. The zero-order valence-corrected chi connectivity index (χ0v) is 15.5. The number of hydrogen-bond acceptors (Lipinski definition) is 4. The minimum Gasteiger partial charge on any atom is -0.493 e. The van der Waals surface area contributed by atoms with Crippen LogP contribution in [-0.4, -0.2) is 38.3 Å². The summed E-state index contributed by atoms with van der Waals surface area (Å²) >= 11 is 0. The maximum Gasteiger partial charge on any atom is 0.210 e. The summed E-state index contributed by atoms with van der Waals surface area (Å²) in [5.41, 5.74) is 4.73. The summed E-state index contributed by atoms with van der Waals surface area (Å²) in [4.78, 5) is 6.27. The maximum absolute atomic E-state index is 11.2. The van der Waals surface area contributed by atoms with Crippen molar-refractivity contribution in [2.24, 2.45) is 0 Å². The van der Waals surface area contributed by atoms with E-state index in [0.29, 0.717) is 12.1 Å². The largest absolute Gasteiger partial charge is 0.493 e. The van der Waals surface area contributed by atoms with Crippen LogP contribution in [0.15, 0.2) is 36.5 Å². The van der Waals surface area contributed by atoms with Gasteiger partial charge in [-0.3, -0.25) is 0 Å². The molecule has 3 heterocycles. The van der Waals surface area contributed by atoms with Crippen molar-refractivity contribution >= 4 is 10.9 Å². The minimum atomic E-state index is -1.07. The van der Waals surface area contributed by atoms with Gasteiger partial charge in [-0.1, -0.05) is 11.6 Å². The minimum absolute atomic E-state index is 0.0353. The second-order valence-corrected chi connectivity index (χ2v) is 7.70. The molecule has 5 heteroatoms. The van der Waals surface area contributed by atoms with E-state index < -0.39 is 5.60 Å². The average molecular weight is 351 g/mol. The van der Waals surface area contributed by atoms with E-state index in [-0.39, 0.29) is 5.88 Å². The van der Waals surface area contributed by atoms with Crippen LogP contribution in [-0.2, 0) is 25.1 Å². The van der Waals surface area contributed by atoms with E-state index in [1.165, 1.54) is 33.8 Å². The molecular formula is C21H25N3O2. The fourth-order valence-corrected chi connectivity index (χ4v) is 3.98. The molecule has 5 nitrogen and oxygen atoms in total. The SMILES string of the molecule is Cc1ccc2c(c1)c1c(n2CC(C)(O)c2ccc(O)nc2)CCN(C)C1. The van der Waals surface area contributed by atoms with Crippen LogP contribution < -0.4 is 0 Å². The Morgan fingerprint density at radius 3 is 2.77 bits per heavy atom. The monoisotopic (exact) mass is 351 g/mol. The summed E-state index contributed by atoms with van der Waals surface area (Å²) in [5.74, 6) is -0.0353. The van der Waals surface area contributed by atoms with Gasteiger partial charge in [0.25, 0.3) is 0 Å². The first kappa shape index (κ1) is 17.1. The molecule has 1 unspecified atom stereocenters. The second-order valence-electron chi connectivity index (χ2n) is 7.70. The number of aromatic nitrogens is 2. The standard InChI is InChI=1S/C21H25N3O2/c1-14-4-6-18-16(10-14)17-12-23(3)9-8-19(17)24(18)13-21(2,26)15-5-7-20(25)22-11-15/h4-7,10-11,26H,8-9,12-13H2,1-3H3,(H,22,25). The number of rotatable bonds is 3. The molecule has 26 heavy (non-hydrogen) atoms. The van der Waals surface area contributed by atoms with Crippen LogP contribution in [0.4, 0.5) is 0 Å². The van der Waals surface area contributed by atoms with Crippen LogP contribution in [0, 0.1) is 6.92 Å². The van der Waals surface area contributed by atoms with Gasteiger partial charge in [0.15, 0.2) is 0 Å². The third-order valence-corrected chi connectivity index (χ3v) is 5.44. The number of fused-ring (bicyclic) bond motifs is 3. The molecule has 136 valence electrons. The molecule has 0 radical (unpaired) electrons. The smallest absolute Gasteiger partial charge is 0.210 e. The van der Waals surface area contributed by atoms with E-state index in [0.717, 1.165) is 19.5 Å². The predicted octanol–water partition coefficient (Wildman–Crippen LogP) is 2.95.